The third-order valence-corrected chi connectivity index (χ3v) is 5.30. The molecule has 32 heavy (non-hydrogen) atoms. The number of rotatable bonds is 8. The summed E-state index contributed by atoms with van der Waals surface area (Å²) >= 11 is 6.00. The van der Waals surface area contributed by atoms with E-state index in [1.54, 1.807) is 30.5 Å². The summed E-state index contributed by atoms with van der Waals surface area (Å²) in [4.78, 5) is 12.4. The zero-order valence-electron chi connectivity index (χ0n) is 17.8. The lowest BCUT2D eigenvalue weighted by atomic mass is 10.2. The van der Waals surface area contributed by atoms with Gasteiger partial charge >= 0.3 is 0 Å². The number of hydrazone groups is 1. The van der Waals surface area contributed by atoms with E-state index in [-0.39, 0.29) is 5.91 Å². The number of nitrogens with zero attached hydrogens (tertiary/aromatic N) is 2. The Hall–Kier alpha value is -3.57. The van der Waals surface area contributed by atoms with Gasteiger partial charge in [0.05, 0.1) is 12.8 Å². The first-order valence-electron chi connectivity index (χ1n) is 10.5. The molecule has 0 unspecified atom stereocenters. The minimum absolute atomic E-state index is 0.270. The Morgan fingerprint density at radius 3 is 2.56 bits per heavy atom. The largest absolute Gasteiger partial charge is 0.494 e. The van der Waals surface area contributed by atoms with E-state index in [0.717, 1.165) is 39.2 Å². The van der Waals surface area contributed by atoms with Crippen LogP contribution in [0.15, 0.2) is 84.1 Å². The maximum atomic E-state index is 12.4. The van der Waals surface area contributed by atoms with Crippen LogP contribution in [0, 0.1) is 0 Å². The molecule has 0 saturated carbocycles. The quantitative estimate of drug-likeness (QED) is 0.271. The second kappa shape index (κ2) is 10.2. The molecule has 4 aromatic rings. The van der Waals surface area contributed by atoms with Crippen LogP contribution in [-0.2, 0) is 6.54 Å². The number of para-hydroxylation sites is 1. The van der Waals surface area contributed by atoms with Crippen LogP contribution in [0.4, 0.5) is 0 Å². The average molecular weight is 446 g/mol. The number of halogens is 1. The highest BCUT2D eigenvalue weighted by Crippen LogP contribution is 2.22. The summed E-state index contributed by atoms with van der Waals surface area (Å²) in [6.07, 6.45) is 4.65. The van der Waals surface area contributed by atoms with Gasteiger partial charge in [-0.05, 0) is 54.4 Å². The van der Waals surface area contributed by atoms with Gasteiger partial charge in [-0.25, -0.2) is 5.43 Å². The Bertz CT molecular complexity index is 1230. The van der Waals surface area contributed by atoms with Crippen molar-refractivity contribution >= 4 is 34.6 Å². The van der Waals surface area contributed by atoms with Crippen LogP contribution in [0.1, 0.15) is 34.8 Å². The Balaban J connectivity index is 1.47. The highest BCUT2D eigenvalue weighted by atomic mass is 35.5. The monoisotopic (exact) mass is 445 g/mol. The molecule has 0 radical (unpaired) electrons. The normalized spacial score (nSPS) is 11.2. The predicted molar refractivity (Wildman–Crippen MR) is 130 cm³/mol. The Morgan fingerprint density at radius 1 is 1.06 bits per heavy atom. The molecule has 0 bridgehead atoms. The Labute approximate surface area is 192 Å². The van der Waals surface area contributed by atoms with Gasteiger partial charge in [0.25, 0.3) is 5.91 Å². The van der Waals surface area contributed by atoms with Crippen molar-refractivity contribution < 1.29 is 9.53 Å². The van der Waals surface area contributed by atoms with Crippen LogP contribution in [0.25, 0.3) is 10.9 Å². The van der Waals surface area contributed by atoms with Crippen molar-refractivity contribution in [3.8, 4) is 5.75 Å². The van der Waals surface area contributed by atoms with Crippen molar-refractivity contribution in [2.45, 2.75) is 19.9 Å². The molecule has 0 spiro atoms. The van der Waals surface area contributed by atoms with Crippen LogP contribution in [-0.4, -0.2) is 23.3 Å². The fourth-order valence-corrected chi connectivity index (χ4v) is 3.57. The highest BCUT2D eigenvalue weighted by molar-refractivity contribution is 6.30. The van der Waals surface area contributed by atoms with Crippen LogP contribution in [0.3, 0.4) is 0 Å². The van der Waals surface area contributed by atoms with Crippen molar-refractivity contribution in [2.75, 3.05) is 6.61 Å². The second-order valence-corrected chi connectivity index (χ2v) is 7.86. The molecule has 3 aromatic carbocycles. The van der Waals surface area contributed by atoms with Gasteiger partial charge in [-0.2, -0.15) is 5.10 Å². The minimum atomic E-state index is -0.270. The number of hydrogen-bond acceptors (Lipinski definition) is 3. The number of carbonyl (C=O) groups is 1. The Kier molecular flexibility index (Phi) is 6.87. The number of nitrogens with one attached hydrogen (secondary N) is 1. The SMILES string of the molecule is CCCOc1ccc(C(=O)N/N=C\c2cn(Cc3ccc(Cl)cc3)c3ccccc23)cc1. The van der Waals surface area contributed by atoms with Crippen LogP contribution in [0.5, 0.6) is 5.75 Å². The number of fused-ring (bicyclic) bond motifs is 1. The van der Waals surface area contributed by atoms with Gasteiger partial charge in [-0.3, -0.25) is 4.79 Å². The minimum Gasteiger partial charge on any atom is -0.494 e. The van der Waals surface area contributed by atoms with E-state index in [1.807, 2.05) is 48.7 Å². The van der Waals surface area contributed by atoms with Crippen molar-refractivity contribution in [3.05, 3.63) is 101 Å². The molecule has 1 N–H and O–H groups in total. The molecular weight excluding hydrogens is 422 g/mol. The summed E-state index contributed by atoms with van der Waals surface area (Å²) in [5.41, 5.74) is 6.31. The predicted octanol–water partition coefficient (Wildman–Crippen LogP) is 5.90. The third kappa shape index (κ3) is 5.18. The van der Waals surface area contributed by atoms with Crippen LogP contribution in [0.2, 0.25) is 5.02 Å². The molecule has 0 saturated heterocycles. The topological polar surface area (TPSA) is 55.6 Å². The lowest BCUT2D eigenvalue weighted by Gasteiger charge is -2.05. The fourth-order valence-electron chi connectivity index (χ4n) is 3.44. The summed E-state index contributed by atoms with van der Waals surface area (Å²) in [5.74, 6) is 0.480. The van der Waals surface area contributed by atoms with Gasteiger partial charge < -0.3 is 9.30 Å². The smallest absolute Gasteiger partial charge is 0.271 e. The Morgan fingerprint density at radius 2 is 1.81 bits per heavy atom. The number of amides is 1. The van der Waals surface area contributed by atoms with Gasteiger partial charge in [0, 0.05) is 39.8 Å². The van der Waals surface area contributed by atoms with E-state index in [0.29, 0.717) is 18.7 Å². The lowest BCUT2D eigenvalue weighted by Crippen LogP contribution is -2.17. The number of aromatic nitrogens is 1. The van der Waals surface area contributed by atoms with E-state index in [1.165, 1.54) is 0 Å². The maximum absolute atomic E-state index is 12.4. The first-order valence-corrected chi connectivity index (χ1v) is 10.9. The molecule has 4 rings (SSSR count). The van der Waals surface area contributed by atoms with Gasteiger partial charge in [0.1, 0.15) is 5.75 Å². The molecule has 162 valence electrons. The first-order chi connectivity index (χ1) is 15.6. The number of hydrogen-bond donors (Lipinski definition) is 1. The van der Waals surface area contributed by atoms with Gasteiger partial charge in [-0.15, -0.1) is 0 Å². The van der Waals surface area contributed by atoms with E-state index in [4.69, 9.17) is 16.3 Å². The van der Waals surface area contributed by atoms with E-state index in [2.05, 4.69) is 28.1 Å². The van der Waals surface area contributed by atoms with Gasteiger partial charge in [-0.1, -0.05) is 48.9 Å². The van der Waals surface area contributed by atoms with E-state index >= 15 is 0 Å². The molecule has 0 aliphatic heterocycles. The van der Waals surface area contributed by atoms with Crippen molar-refractivity contribution in [1.82, 2.24) is 9.99 Å². The summed E-state index contributed by atoms with van der Waals surface area (Å²) in [7, 11) is 0. The lowest BCUT2D eigenvalue weighted by molar-refractivity contribution is 0.0955. The van der Waals surface area contributed by atoms with Crippen molar-refractivity contribution in [3.63, 3.8) is 0 Å². The molecule has 0 fully saturated rings. The van der Waals surface area contributed by atoms with Gasteiger partial charge in [0.2, 0.25) is 0 Å². The molecular formula is C26H24ClN3O2. The van der Waals surface area contributed by atoms with Crippen molar-refractivity contribution in [1.29, 1.82) is 0 Å². The second-order valence-electron chi connectivity index (χ2n) is 7.43. The third-order valence-electron chi connectivity index (χ3n) is 5.04. The summed E-state index contributed by atoms with van der Waals surface area (Å²) in [6.45, 7) is 3.42. The standard InChI is InChI=1S/C26H24ClN3O2/c1-2-15-32-23-13-9-20(10-14-23)26(31)29-28-16-21-18-30(25-6-4-3-5-24(21)25)17-19-7-11-22(27)12-8-19/h3-14,16,18H,2,15,17H2,1H3,(H,29,31)/b28-16-. The zero-order chi connectivity index (χ0) is 22.3. The van der Waals surface area contributed by atoms with Crippen molar-refractivity contribution in [2.24, 2.45) is 5.10 Å². The molecule has 1 aromatic heterocycles. The zero-order valence-corrected chi connectivity index (χ0v) is 18.5. The molecule has 0 atom stereocenters. The average Bonchev–Trinajstić information content (AvgIpc) is 3.17. The molecule has 1 heterocycles. The highest BCUT2D eigenvalue weighted by Gasteiger charge is 2.08. The number of ether oxygens (including phenoxy) is 1. The molecule has 5 nitrogen and oxygen atoms in total. The molecule has 0 aliphatic carbocycles. The number of carbonyl (C=O) groups excluding carboxylic acids is 1. The summed E-state index contributed by atoms with van der Waals surface area (Å²) in [5, 5.41) is 5.97. The van der Waals surface area contributed by atoms with E-state index < -0.39 is 0 Å². The summed E-state index contributed by atoms with van der Waals surface area (Å²) in [6, 6.07) is 23.0. The first kappa shape index (κ1) is 21.7. The fraction of sp³-hybridized carbons (Fsp3) is 0.154. The maximum Gasteiger partial charge on any atom is 0.271 e. The van der Waals surface area contributed by atoms with Crippen LogP contribution >= 0.6 is 11.6 Å². The molecule has 0 aliphatic rings. The number of benzene rings is 3. The summed E-state index contributed by atoms with van der Waals surface area (Å²) < 4.78 is 7.71. The molecule has 6 heteroatoms. The van der Waals surface area contributed by atoms with Gasteiger partial charge in [0.15, 0.2) is 0 Å². The van der Waals surface area contributed by atoms with Crippen LogP contribution < -0.4 is 10.2 Å². The van der Waals surface area contributed by atoms with E-state index in [9.17, 15) is 4.79 Å². The molecule has 1 amide bonds.